The van der Waals surface area contributed by atoms with Gasteiger partial charge < -0.3 is 19.4 Å². The van der Waals surface area contributed by atoms with Gasteiger partial charge in [0.25, 0.3) is 5.91 Å². The minimum Gasteiger partial charge on any atom is -0.492 e. The van der Waals surface area contributed by atoms with Crippen molar-refractivity contribution < 1.29 is 24.0 Å². The van der Waals surface area contributed by atoms with Crippen molar-refractivity contribution >= 4 is 23.3 Å². The number of aryl methyl sites for hydroxylation is 1. The molecule has 0 aliphatic heterocycles. The first-order valence-electron chi connectivity index (χ1n) is 9.42. The predicted octanol–water partition coefficient (Wildman–Crippen LogP) is 2.73. The third-order valence-electron chi connectivity index (χ3n) is 4.11. The number of hydrogen-bond donors (Lipinski definition) is 3. The van der Waals surface area contributed by atoms with Gasteiger partial charge in [-0.2, -0.15) is 0 Å². The molecular formula is C22H27N3O5. The minimum atomic E-state index is -0.217. The van der Waals surface area contributed by atoms with Gasteiger partial charge in [-0.3, -0.25) is 14.8 Å². The SMILES string of the molecule is Cc1ccc(OCCNC(=O)c2oc3ccccc3c2CN(C)C)cc1.O=CNO. The number of carbonyl (C=O) groups excluding carboxylic acids is 2. The van der Waals surface area contributed by atoms with Crippen molar-refractivity contribution in [1.82, 2.24) is 15.7 Å². The molecule has 3 aromatic rings. The fraction of sp³-hybridized carbons (Fsp3) is 0.273. The summed E-state index contributed by atoms with van der Waals surface area (Å²) in [6.07, 6.45) is 0.181. The van der Waals surface area contributed by atoms with Gasteiger partial charge in [0.15, 0.2) is 5.76 Å². The molecule has 3 N–H and O–H groups in total. The fourth-order valence-electron chi connectivity index (χ4n) is 2.80. The molecule has 3 rings (SSSR count). The van der Waals surface area contributed by atoms with E-state index < -0.39 is 0 Å². The molecule has 0 bridgehead atoms. The van der Waals surface area contributed by atoms with Gasteiger partial charge in [-0.1, -0.05) is 35.9 Å². The first-order chi connectivity index (χ1) is 14.5. The van der Waals surface area contributed by atoms with Crippen LogP contribution < -0.4 is 15.5 Å². The van der Waals surface area contributed by atoms with E-state index in [4.69, 9.17) is 19.2 Å². The Morgan fingerprint density at radius 2 is 1.83 bits per heavy atom. The number of rotatable bonds is 8. The Balaban J connectivity index is 0.000000735. The number of furan rings is 1. The van der Waals surface area contributed by atoms with Crippen LogP contribution in [0.3, 0.4) is 0 Å². The number of carbonyl (C=O) groups is 2. The monoisotopic (exact) mass is 413 g/mol. The van der Waals surface area contributed by atoms with Gasteiger partial charge in [0, 0.05) is 17.5 Å². The van der Waals surface area contributed by atoms with Crippen molar-refractivity contribution in [3.8, 4) is 5.75 Å². The summed E-state index contributed by atoms with van der Waals surface area (Å²) in [5.41, 5.74) is 4.07. The summed E-state index contributed by atoms with van der Waals surface area (Å²) in [6, 6.07) is 15.6. The lowest BCUT2D eigenvalue weighted by atomic mass is 10.1. The van der Waals surface area contributed by atoms with Crippen molar-refractivity contribution in [3.05, 3.63) is 65.4 Å². The second-order valence-electron chi connectivity index (χ2n) is 6.81. The maximum Gasteiger partial charge on any atom is 0.287 e. The second kappa shape index (κ2) is 11.6. The standard InChI is InChI=1S/C21H24N2O3.CH3NO2/c1-15-8-10-16(11-9-15)25-13-12-22-21(24)20-18(14-23(2)3)17-6-4-5-7-19(17)26-20;3-1-2-4/h4-11H,12-14H2,1-3H3,(H,22,24);1,4H,(H,2,3). The molecule has 2 amide bonds. The minimum absolute atomic E-state index is 0.181. The average Bonchev–Trinajstić information content (AvgIpc) is 3.10. The highest BCUT2D eigenvalue weighted by molar-refractivity contribution is 5.99. The van der Waals surface area contributed by atoms with Crippen LogP contribution >= 0.6 is 0 Å². The van der Waals surface area contributed by atoms with Gasteiger partial charge in [-0.05, 0) is 39.2 Å². The van der Waals surface area contributed by atoms with Crippen LogP contribution in [-0.2, 0) is 11.3 Å². The molecule has 1 heterocycles. The number of fused-ring (bicyclic) bond motifs is 1. The number of nitrogens with one attached hydrogen (secondary N) is 2. The van der Waals surface area contributed by atoms with Gasteiger partial charge in [-0.25, -0.2) is 5.48 Å². The quantitative estimate of drug-likeness (QED) is 0.227. The Hall–Kier alpha value is -3.36. The summed E-state index contributed by atoms with van der Waals surface area (Å²) in [5.74, 6) is 0.947. The normalized spacial score (nSPS) is 10.3. The third kappa shape index (κ3) is 6.61. The molecule has 0 saturated carbocycles. The van der Waals surface area contributed by atoms with Crippen molar-refractivity contribution in [1.29, 1.82) is 0 Å². The molecule has 0 saturated heterocycles. The molecule has 2 aromatic carbocycles. The molecule has 160 valence electrons. The highest BCUT2D eigenvalue weighted by Gasteiger charge is 2.20. The van der Waals surface area contributed by atoms with Gasteiger partial charge in [0.2, 0.25) is 6.41 Å². The van der Waals surface area contributed by atoms with E-state index in [2.05, 4.69) is 5.32 Å². The Kier molecular flexibility index (Phi) is 8.86. The van der Waals surface area contributed by atoms with Crippen LogP contribution in [0.4, 0.5) is 0 Å². The van der Waals surface area contributed by atoms with E-state index in [1.807, 2.05) is 74.4 Å². The Morgan fingerprint density at radius 3 is 2.47 bits per heavy atom. The van der Waals surface area contributed by atoms with E-state index >= 15 is 0 Å². The van der Waals surface area contributed by atoms with Crippen molar-refractivity contribution in [2.75, 3.05) is 27.2 Å². The summed E-state index contributed by atoms with van der Waals surface area (Å²) in [7, 11) is 3.94. The lowest BCUT2D eigenvalue weighted by molar-refractivity contribution is -0.116. The van der Waals surface area contributed by atoms with Crippen LogP contribution in [0.25, 0.3) is 11.0 Å². The summed E-state index contributed by atoms with van der Waals surface area (Å²) >= 11 is 0. The number of benzene rings is 2. The lowest BCUT2D eigenvalue weighted by Crippen LogP contribution is -2.29. The number of hydrogen-bond acceptors (Lipinski definition) is 6. The van der Waals surface area contributed by atoms with Crippen LogP contribution in [-0.4, -0.2) is 49.7 Å². The number of para-hydroxylation sites is 1. The van der Waals surface area contributed by atoms with Gasteiger partial charge in [0.1, 0.15) is 17.9 Å². The van der Waals surface area contributed by atoms with E-state index in [1.54, 1.807) is 0 Å². The molecule has 0 radical (unpaired) electrons. The number of ether oxygens (including phenoxy) is 1. The van der Waals surface area contributed by atoms with E-state index in [-0.39, 0.29) is 12.3 Å². The maximum atomic E-state index is 12.6. The molecule has 8 heteroatoms. The predicted molar refractivity (Wildman–Crippen MR) is 114 cm³/mol. The molecule has 30 heavy (non-hydrogen) atoms. The summed E-state index contributed by atoms with van der Waals surface area (Å²) in [6.45, 7) is 3.48. The van der Waals surface area contributed by atoms with Gasteiger partial charge in [-0.15, -0.1) is 0 Å². The molecular weight excluding hydrogens is 386 g/mol. The fourth-order valence-corrected chi connectivity index (χ4v) is 2.80. The lowest BCUT2D eigenvalue weighted by Gasteiger charge is -2.11. The summed E-state index contributed by atoms with van der Waals surface area (Å²) in [4.78, 5) is 23.4. The molecule has 0 spiro atoms. The molecule has 0 atom stereocenters. The van der Waals surface area contributed by atoms with Crippen LogP contribution in [0.1, 0.15) is 21.7 Å². The second-order valence-corrected chi connectivity index (χ2v) is 6.81. The smallest absolute Gasteiger partial charge is 0.287 e. The Morgan fingerprint density at radius 1 is 1.17 bits per heavy atom. The zero-order valence-electron chi connectivity index (χ0n) is 17.3. The van der Waals surface area contributed by atoms with Crippen LogP contribution in [0.15, 0.2) is 52.9 Å². The van der Waals surface area contributed by atoms with E-state index in [9.17, 15) is 4.79 Å². The topological polar surface area (TPSA) is 104 Å². The molecule has 8 nitrogen and oxygen atoms in total. The van der Waals surface area contributed by atoms with Crippen LogP contribution in [0.5, 0.6) is 5.75 Å². The van der Waals surface area contributed by atoms with E-state index in [0.29, 0.717) is 25.5 Å². The zero-order chi connectivity index (χ0) is 21.9. The maximum absolute atomic E-state index is 12.6. The molecule has 0 aliphatic rings. The summed E-state index contributed by atoms with van der Waals surface area (Å²) < 4.78 is 11.5. The van der Waals surface area contributed by atoms with Crippen LogP contribution in [0.2, 0.25) is 0 Å². The van der Waals surface area contributed by atoms with E-state index in [0.717, 1.165) is 22.3 Å². The third-order valence-corrected chi connectivity index (χ3v) is 4.11. The van der Waals surface area contributed by atoms with Gasteiger partial charge in [0.05, 0.1) is 6.54 Å². The molecule has 0 aliphatic carbocycles. The van der Waals surface area contributed by atoms with E-state index in [1.165, 1.54) is 11.0 Å². The number of hydroxylamine groups is 1. The molecule has 1 aromatic heterocycles. The van der Waals surface area contributed by atoms with Crippen molar-refractivity contribution in [2.24, 2.45) is 0 Å². The first kappa shape index (κ1) is 22.9. The zero-order valence-corrected chi connectivity index (χ0v) is 17.3. The summed E-state index contributed by atoms with van der Waals surface area (Å²) in [5, 5.41) is 11.1. The number of nitrogens with zero attached hydrogens (tertiary/aromatic N) is 1. The van der Waals surface area contributed by atoms with Gasteiger partial charge >= 0.3 is 0 Å². The van der Waals surface area contributed by atoms with Crippen LogP contribution in [0, 0.1) is 6.92 Å². The molecule has 0 unspecified atom stereocenters. The Labute approximate surface area is 175 Å². The number of amides is 2. The molecule has 0 fully saturated rings. The largest absolute Gasteiger partial charge is 0.492 e. The highest BCUT2D eigenvalue weighted by Crippen LogP contribution is 2.26. The highest BCUT2D eigenvalue weighted by atomic mass is 16.5. The van der Waals surface area contributed by atoms with Crippen molar-refractivity contribution in [3.63, 3.8) is 0 Å². The Bertz CT molecular complexity index is 951. The first-order valence-corrected chi connectivity index (χ1v) is 9.42. The van der Waals surface area contributed by atoms with Crippen molar-refractivity contribution in [2.45, 2.75) is 13.5 Å². The average molecular weight is 413 g/mol.